The first kappa shape index (κ1) is 10.5. The normalized spacial score (nSPS) is 12.1. The molecule has 0 aliphatic heterocycles. The monoisotopic (exact) mass is 166 g/mol. The van der Waals surface area contributed by atoms with Gasteiger partial charge in [-0.3, -0.25) is 9.47 Å². The van der Waals surface area contributed by atoms with Crippen molar-refractivity contribution in [2.24, 2.45) is 0 Å². The Morgan fingerprint density at radius 1 is 1.55 bits per heavy atom. The van der Waals surface area contributed by atoms with Gasteiger partial charge in [-0.15, -0.1) is 15.4 Å². The van der Waals surface area contributed by atoms with Gasteiger partial charge in [-0.1, -0.05) is 6.08 Å². The summed E-state index contributed by atoms with van der Waals surface area (Å²) in [6.07, 6.45) is -2.82. The molecule has 0 atom stereocenters. The summed E-state index contributed by atoms with van der Waals surface area (Å²) in [7, 11) is 0. The van der Waals surface area contributed by atoms with Gasteiger partial charge in [0.15, 0.2) is 0 Å². The van der Waals surface area contributed by atoms with Gasteiger partial charge in [0.1, 0.15) is 0 Å². The SMILES string of the molecule is C=CCOC(F)(F)OC(C)C. The van der Waals surface area contributed by atoms with E-state index in [4.69, 9.17) is 0 Å². The molecule has 0 aromatic heterocycles. The lowest BCUT2D eigenvalue weighted by molar-refractivity contribution is -0.399. The van der Waals surface area contributed by atoms with E-state index >= 15 is 0 Å². The lowest BCUT2D eigenvalue weighted by Crippen LogP contribution is -2.28. The van der Waals surface area contributed by atoms with Gasteiger partial charge < -0.3 is 0 Å². The van der Waals surface area contributed by atoms with Crippen LogP contribution in [0, 0.1) is 0 Å². The van der Waals surface area contributed by atoms with Crippen LogP contribution in [0.4, 0.5) is 8.78 Å². The highest BCUT2D eigenvalue weighted by Crippen LogP contribution is 2.18. The van der Waals surface area contributed by atoms with Crippen LogP contribution < -0.4 is 0 Å². The van der Waals surface area contributed by atoms with Crippen LogP contribution in [0.2, 0.25) is 0 Å². The summed E-state index contributed by atoms with van der Waals surface area (Å²) in [6, 6.07) is 0. The lowest BCUT2D eigenvalue weighted by Gasteiger charge is -2.17. The van der Waals surface area contributed by atoms with Crippen molar-refractivity contribution >= 4 is 0 Å². The van der Waals surface area contributed by atoms with Crippen molar-refractivity contribution in [1.29, 1.82) is 0 Å². The molecule has 66 valence electrons. The predicted molar refractivity (Wildman–Crippen MR) is 37.3 cm³/mol. The van der Waals surface area contributed by atoms with Crippen LogP contribution in [0.3, 0.4) is 0 Å². The second-order valence-corrected chi connectivity index (χ2v) is 2.23. The first-order chi connectivity index (χ1) is 4.98. The number of ether oxygens (including phenoxy) is 2. The minimum atomic E-state index is -3.50. The Bertz CT molecular complexity index is 124. The second-order valence-electron chi connectivity index (χ2n) is 2.23. The molecule has 2 nitrogen and oxygen atoms in total. The summed E-state index contributed by atoms with van der Waals surface area (Å²) in [6.45, 7) is 6.02. The minimum Gasteiger partial charge on any atom is -0.293 e. The first-order valence-electron chi connectivity index (χ1n) is 3.28. The van der Waals surface area contributed by atoms with Gasteiger partial charge >= 0.3 is 6.29 Å². The second kappa shape index (κ2) is 4.41. The number of alkyl halides is 2. The van der Waals surface area contributed by atoms with Crippen LogP contribution in [0.15, 0.2) is 12.7 Å². The molecule has 11 heavy (non-hydrogen) atoms. The van der Waals surface area contributed by atoms with E-state index in [0.717, 1.165) is 0 Å². The van der Waals surface area contributed by atoms with Crippen LogP contribution in [0.1, 0.15) is 13.8 Å². The Morgan fingerprint density at radius 3 is 2.45 bits per heavy atom. The third kappa shape index (κ3) is 5.94. The van der Waals surface area contributed by atoms with Crippen molar-refractivity contribution in [2.45, 2.75) is 26.2 Å². The Hall–Kier alpha value is -0.480. The highest BCUT2D eigenvalue weighted by Gasteiger charge is 2.32. The van der Waals surface area contributed by atoms with Crippen LogP contribution in [-0.4, -0.2) is 19.0 Å². The maximum Gasteiger partial charge on any atom is 0.486 e. The molecule has 0 aromatic carbocycles. The number of rotatable bonds is 5. The molecule has 0 radical (unpaired) electrons. The summed E-state index contributed by atoms with van der Waals surface area (Å²) in [5.74, 6) is 0. The zero-order chi connectivity index (χ0) is 8.91. The van der Waals surface area contributed by atoms with E-state index in [1.807, 2.05) is 0 Å². The first-order valence-corrected chi connectivity index (χ1v) is 3.28. The van der Waals surface area contributed by atoms with Gasteiger partial charge in [0.05, 0.1) is 12.7 Å². The Kier molecular flexibility index (Phi) is 4.22. The number of hydrogen-bond acceptors (Lipinski definition) is 2. The molecule has 0 N–H and O–H groups in total. The molecule has 0 spiro atoms. The Labute approximate surface area is 64.8 Å². The van der Waals surface area contributed by atoms with E-state index in [0.29, 0.717) is 0 Å². The molecule has 0 aromatic rings. The molecule has 0 aliphatic rings. The van der Waals surface area contributed by atoms with Crippen molar-refractivity contribution in [1.82, 2.24) is 0 Å². The predicted octanol–water partition coefficient (Wildman–Crippen LogP) is 2.16. The Morgan fingerprint density at radius 2 is 2.09 bits per heavy atom. The Balaban J connectivity index is 3.69. The molecule has 0 unspecified atom stereocenters. The van der Waals surface area contributed by atoms with Crippen molar-refractivity contribution < 1.29 is 18.3 Å². The summed E-state index contributed by atoms with van der Waals surface area (Å²) in [5.41, 5.74) is 0. The molecule has 0 saturated heterocycles. The van der Waals surface area contributed by atoms with Crippen molar-refractivity contribution in [2.75, 3.05) is 6.61 Å². The third-order valence-electron chi connectivity index (χ3n) is 0.742. The molecule has 0 heterocycles. The molecule has 0 rings (SSSR count). The van der Waals surface area contributed by atoms with Gasteiger partial charge in [-0.25, -0.2) is 0 Å². The highest BCUT2D eigenvalue weighted by atomic mass is 19.3. The maximum absolute atomic E-state index is 12.4. The largest absolute Gasteiger partial charge is 0.486 e. The zero-order valence-electron chi connectivity index (χ0n) is 6.64. The van der Waals surface area contributed by atoms with Crippen molar-refractivity contribution in [3.05, 3.63) is 12.7 Å². The van der Waals surface area contributed by atoms with Crippen molar-refractivity contribution in [3.8, 4) is 0 Å². The average Bonchev–Trinajstić information content (AvgIpc) is 1.81. The van der Waals surface area contributed by atoms with Gasteiger partial charge in [0, 0.05) is 0 Å². The number of hydrogen-bond donors (Lipinski definition) is 0. The topological polar surface area (TPSA) is 18.5 Å². The maximum atomic E-state index is 12.4. The molecule has 0 fully saturated rings. The minimum absolute atomic E-state index is 0.222. The quantitative estimate of drug-likeness (QED) is 0.460. The molecule has 0 amide bonds. The smallest absolute Gasteiger partial charge is 0.293 e. The van der Waals surface area contributed by atoms with E-state index < -0.39 is 12.4 Å². The van der Waals surface area contributed by atoms with Crippen molar-refractivity contribution in [3.63, 3.8) is 0 Å². The van der Waals surface area contributed by atoms with E-state index in [2.05, 4.69) is 16.1 Å². The van der Waals surface area contributed by atoms with Crippen LogP contribution in [0.5, 0.6) is 0 Å². The fraction of sp³-hybridized carbons (Fsp3) is 0.714. The standard InChI is InChI=1S/C7H12F2O2/c1-4-5-10-7(8,9)11-6(2)3/h4,6H,1,5H2,2-3H3. The summed E-state index contributed by atoms with van der Waals surface area (Å²) >= 11 is 0. The molecular formula is C7H12F2O2. The average molecular weight is 166 g/mol. The molecule has 0 bridgehead atoms. The molecule has 4 heteroatoms. The van der Waals surface area contributed by atoms with Gasteiger partial charge in [0.25, 0.3) is 0 Å². The van der Waals surface area contributed by atoms with Gasteiger partial charge in [-0.2, -0.15) is 0 Å². The van der Waals surface area contributed by atoms with Crippen LogP contribution in [0.25, 0.3) is 0 Å². The lowest BCUT2D eigenvalue weighted by atomic mass is 10.5. The van der Waals surface area contributed by atoms with E-state index in [1.165, 1.54) is 19.9 Å². The highest BCUT2D eigenvalue weighted by molar-refractivity contribution is 4.64. The van der Waals surface area contributed by atoms with E-state index in [-0.39, 0.29) is 6.61 Å². The van der Waals surface area contributed by atoms with Gasteiger partial charge in [0.2, 0.25) is 0 Å². The summed E-state index contributed by atoms with van der Waals surface area (Å²) in [5, 5.41) is 0. The van der Waals surface area contributed by atoms with Crippen LogP contribution >= 0.6 is 0 Å². The van der Waals surface area contributed by atoms with E-state index in [1.54, 1.807) is 0 Å². The molecule has 0 aliphatic carbocycles. The number of halogens is 2. The summed E-state index contributed by atoms with van der Waals surface area (Å²) in [4.78, 5) is 0. The van der Waals surface area contributed by atoms with E-state index in [9.17, 15) is 8.78 Å². The zero-order valence-corrected chi connectivity index (χ0v) is 6.64. The fourth-order valence-electron chi connectivity index (χ4n) is 0.464. The summed E-state index contributed by atoms with van der Waals surface area (Å²) < 4.78 is 32.9. The van der Waals surface area contributed by atoms with Gasteiger partial charge in [-0.05, 0) is 13.8 Å². The fourth-order valence-corrected chi connectivity index (χ4v) is 0.464. The molecule has 0 saturated carbocycles. The molecular weight excluding hydrogens is 154 g/mol. The third-order valence-corrected chi connectivity index (χ3v) is 0.742. The van der Waals surface area contributed by atoms with Crippen LogP contribution in [-0.2, 0) is 9.47 Å².